The molecule has 4 heterocycles. The number of carbonyl (C=O) groups is 1. The Balaban J connectivity index is 1.63. The van der Waals surface area contributed by atoms with Crippen LogP contribution in [0.4, 0.5) is 4.79 Å². The van der Waals surface area contributed by atoms with Gasteiger partial charge in [-0.1, -0.05) is 15.9 Å². The number of amides is 1. The van der Waals surface area contributed by atoms with Crippen LogP contribution >= 0.6 is 15.9 Å². The van der Waals surface area contributed by atoms with Crippen LogP contribution in [0.1, 0.15) is 17.0 Å². The van der Waals surface area contributed by atoms with Crippen molar-refractivity contribution in [2.75, 3.05) is 26.3 Å². The quantitative estimate of drug-likeness (QED) is 0.533. The van der Waals surface area contributed by atoms with Gasteiger partial charge in [0.1, 0.15) is 17.4 Å². The molecule has 0 aliphatic carbocycles. The van der Waals surface area contributed by atoms with Crippen molar-refractivity contribution in [3.8, 4) is 29.0 Å². The van der Waals surface area contributed by atoms with Crippen LogP contribution in [-0.4, -0.2) is 52.5 Å². The number of hydrogen-bond acceptors (Lipinski definition) is 8. The van der Waals surface area contributed by atoms with E-state index in [9.17, 15) is 10.1 Å². The number of rotatable bonds is 3. The van der Waals surface area contributed by atoms with Gasteiger partial charge in [0.05, 0.1) is 30.4 Å². The third-order valence-corrected chi connectivity index (χ3v) is 6.15. The second kappa shape index (κ2) is 9.17. The number of benzene rings is 1. The lowest BCUT2D eigenvalue weighted by Gasteiger charge is -2.28. The fourth-order valence-electron chi connectivity index (χ4n) is 4.04. The Morgan fingerprint density at radius 3 is 2.76 bits per heavy atom. The average Bonchev–Trinajstić information content (AvgIpc) is 3.28. The van der Waals surface area contributed by atoms with E-state index in [0.717, 1.165) is 10.0 Å². The minimum absolute atomic E-state index is 0.0572. The van der Waals surface area contributed by atoms with Gasteiger partial charge in [-0.2, -0.15) is 5.26 Å². The van der Waals surface area contributed by atoms with E-state index in [1.807, 2.05) is 12.1 Å². The third kappa shape index (κ3) is 3.98. The van der Waals surface area contributed by atoms with Crippen LogP contribution in [0, 0.1) is 11.3 Å². The van der Waals surface area contributed by atoms with Crippen molar-refractivity contribution in [1.29, 1.82) is 5.26 Å². The largest absolute Gasteiger partial charge is 0.420 e. The standard InChI is InChI=1S/C23H19BrN6O4/c24-14-1-2-17(33-23(31)30-7-9-32-10-8-30)15(11-14)18-16(12-25)21(26)34-22-19(18)20(28-29-22)13-3-5-27-6-4-13/h1-6,11,18H,7-10,26H2,(H,28,29)/t18-/m1/s1. The predicted molar refractivity (Wildman–Crippen MR) is 124 cm³/mol. The molecule has 2 aliphatic heterocycles. The van der Waals surface area contributed by atoms with Crippen molar-refractivity contribution in [3.63, 3.8) is 0 Å². The maximum Gasteiger partial charge on any atom is 0.415 e. The summed E-state index contributed by atoms with van der Waals surface area (Å²) in [6.07, 6.45) is 2.83. The normalized spacial score (nSPS) is 17.5. The zero-order chi connectivity index (χ0) is 23.7. The van der Waals surface area contributed by atoms with Crippen molar-refractivity contribution in [3.05, 3.63) is 69.8 Å². The van der Waals surface area contributed by atoms with E-state index >= 15 is 0 Å². The molecule has 1 atom stereocenters. The van der Waals surface area contributed by atoms with Crippen molar-refractivity contribution in [1.82, 2.24) is 20.1 Å². The number of nitriles is 1. The molecule has 3 aromatic rings. The molecule has 1 amide bonds. The lowest BCUT2D eigenvalue weighted by molar-refractivity contribution is 0.0415. The Kier molecular flexibility index (Phi) is 5.91. The van der Waals surface area contributed by atoms with Crippen LogP contribution in [0.15, 0.2) is 58.7 Å². The molecule has 5 rings (SSSR count). The van der Waals surface area contributed by atoms with Gasteiger partial charge in [-0.25, -0.2) is 4.79 Å². The second-order valence-electron chi connectivity index (χ2n) is 7.63. The molecule has 0 spiro atoms. The molecule has 1 fully saturated rings. The number of allylic oxidation sites excluding steroid dienone is 1. The van der Waals surface area contributed by atoms with Gasteiger partial charge in [-0.05, 0) is 30.3 Å². The summed E-state index contributed by atoms with van der Waals surface area (Å²) in [6.45, 7) is 1.79. The van der Waals surface area contributed by atoms with E-state index in [-0.39, 0.29) is 17.3 Å². The Bertz CT molecular complexity index is 1310. The topological polar surface area (TPSA) is 139 Å². The maximum atomic E-state index is 12.9. The van der Waals surface area contributed by atoms with Crippen LogP contribution in [0.2, 0.25) is 0 Å². The summed E-state index contributed by atoms with van der Waals surface area (Å²) in [5.74, 6) is -0.197. The first-order valence-electron chi connectivity index (χ1n) is 10.5. The smallest absolute Gasteiger partial charge is 0.415 e. The number of ether oxygens (including phenoxy) is 3. The molecule has 0 saturated carbocycles. The first-order valence-corrected chi connectivity index (χ1v) is 11.3. The van der Waals surface area contributed by atoms with Gasteiger partial charge in [0.2, 0.25) is 11.8 Å². The molecule has 0 unspecified atom stereocenters. The highest BCUT2D eigenvalue weighted by molar-refractivity contribution is 9.10. The number of pyridine rings is 1. The van der Waals surface area contributed by atoms with Crippen molar-refractivity contribution in [2.45, 2.75) is 5.92 Å². The highest BCUT2D eigenvalue weighted by atomic mass is 79.9. The summed E-state index contributed by atoms with van der Waals surface area (Å²) in [5, 5.41) is 17.3. The summed E-state index contributed by atoms with van der Waals surface area (Å²) < 4.78 is 17.5. The van der Waals surface area contributed by atoms with E-state index in [1.54, 1.807) is 35.5 Å². The van der Waals surface area contributed by atoms with Gasteiger partial charge in [0, 0.05) is 41.1 Å². The molecule has 2 aromatic heterocycles. The van der Waals surface area contributed by atoms with E-state index < -0.39 is 12.0 Å². The summed E-state index contributed by atoms with van der Waals surface area (Å²) in [5.41, 5.74) is 8.93. The fraction of sp³-hybridized carbons (Fsp3) is 0.217. The number of morpholine rings is 1. The SMILES string of the molecule is N#CC1=C(N)Oc2n[nH]c(-c3ccncc3)c2[C@@H]1c1cc(Br)ccc1OC(=O)N1CCOCC1. The minimum Gasteiger partial charge on any atom is -0.420 e. The number of nitrogens with zero attached hydrogens (tertiary/aromatic N) is 4. The molecule has 10 nitrogen and oxygen atoms in total. The van der Waals surface area contributed by atoms with Crippen LogP contribution < -0.4 is 15.2 Å². The number of H-pyrrole nitrogens is 1. The lowest BCUT2D eigenvalue weighted by Crippen LogP contribution is -2.42. The number of nitrogens with two attached hydrogens (primary N) is 1. The summed E-state index contributed by atoms with van der Waals surface area (Å²) in [4.78, 5) is 18.5. The van der Waals surface area contributed by atoms with Crippen molar-refractivity contribution < 1.29 is 19.0 Å². The van der Waals surface area contributed by atoms with Gasteiger partial charge in [0.15, 0.2) is 0 Å². The van der Waals surface area contributed by atoms with Gasteiger partial charge < -0.3 is 24.8 Å². The van der Waals surface area contributed by atoms with Crippen molar-refractivity contribution in [2.24, 2.45) is 5.73 Å². The molecule has 2 aliphatic rings. The third-order valence-electron chi connectivity index (χ3n) is 5.66. The van der Waals surface area contributed by atoms with Crippen molar-refractivity contribution >= 4 is 22.0 Å². The number of halogens is 1. The Morgan fingerprint density at radius 1 is 1.26 bits per heavy atom. The zero-order valence-electron chi connectivity index (χ0n) is 17.8. The number of nitrogens with one attached hydrogen (secondary N) is 1. The molecule has 34 heavy (non-hydrogen) atoms. The predicted octanol–water partition coefficient (Wildman–Crippen LogP) is 3.28. The maximum absolute atomic E-state index is 12.9. The molecule has 1 saturated heterocycles. The molecule has 3 N–H and O–H groups in total. The molecular weight excluding hydrogens is 504 g/mol. The molecule has 172 valence electrons. The average molecular weight is 523 g/mol. The highest BCUT2D eigenvalue weighted by Gasteiger charge is 2.37. The Morgan fingerprint density at radius 2 is 2.03 bits per heavy atom. The second-order valence-corrected chi connectivity index (χ2v) is 8.54. The molecule has 0 bridgehead atoms. The minimum atomic E-state index is -0.694. The summed E-state index contributed by atoms with van der Waals surface area (Å²) in [7, 11) is 0. The van der Waals surface area contributed by atoms with Gasteiger partial charge in [0.25, 0.3) is 0 Å². The van der Waals surface area contributed by atoms with E-state index in [0.29, 0.717) is 48.9 Å². The van der Waals surface area contributed by atoms with Crippen LogP contribution in [0.5, 0.6) is 11.6 Å². The Hall–Kier alpha value is -3.88. The molecule has 1 aromatic carbocycles. The van der Waals surface area contributed by atoms with Gasteiger partial charge in [-0.15, -0.1) is 5.10 Å². The number of aromatic amines is 1. The molecular formula is C23H19BrN6O4. The molecule has 0 radical (unpaired) electrons. The first-order chi connectivity index (χ1) is 16.6. The van der Waals surface area contributed by atoms with E-state index in [4.69, 9.17) is 19.9 Å². The van der Waals surface area contributed by atoms with E-state index in [2.05, 4.69) is 37.2 Å². The zero-order valence-corrected chi connectivity index (χ0v) is 19.4. The molecule has 11 heteroatoms. The number of fused-ring (bicyclic) bond motifs is 1. The monoisotopic (exact) mass is 522 g/mol. The highest BCUT2D eigenvalue weighted by Crippen LogP contribution is 2.48. The lowest BCUT2D eigenvalue weighted by atomic mass is 9.82. The summed E-state index contributed by atoms with van der Waals surface area (Å²) in [6, 6.07) is 11.1. The fourth-order valence-corrected chi connectivity index (χ4v) is 4.42. The van der Waals surface area contributed by atoms with Gasteiger partial charge in [-0.3, -0.25) is 10.1 Å². The number of hydrogen-bond donors (Lipinski definition) is 2. The van der Waals surface area contributed by atoms with Crippen LogP contribution in [0.3, 0.4) is 0 Å². The Labute approximate surface area is 203 Å². The number of carbonyl (C=O) groups excluding carboxylic acids is 1. The summed E-state index contributed by atoms with van der Waals surface area (Å²) >= 11 is 3.50. The number of aromatic nitrogens is 3. The van der Waals surface area contributed by atoms with Gasteiger partial charge >= 0.3 is 6.09 Å². The first kappa shape index (κ1) is 21.9. The van der Waals surface area contributed by atoms with Crippen LogP contribution in [0.25, 0.3) is 11.3 Å². The van der Waals surface area contributed by atoms with Crippen LogP contribution in [-0.2, 0) is 4.74 Å². The van der Waals surface area contributed by atoms with E-state index in [1.165, 1.54) is 0 Å².